The second kappa shape index (κ2) is 5.19. The minimum Gasteiger partial charge on any atom is -0.120 e. The molecule has 0 nitrogen and oxygen atoms in total. The van der Waals surface area contributed by atoms with E-state index < -0.39 is 0 Å². The molecule has 4 atom stereocenters. The lowest BCUT2D eigenvalue weighted by Crippen LogP contribution is -2.35. The second-order valence-corrected chi connectivity index (χ2v) is 6.62. The van der Waals surface area contributed by atoms with E-state index in [0.29, 0.717) is 11.3 Å². The van der Waals surface area contributed by atoms with E-state index in [1.807, 2.05) is 0 Å². The maximum Gasteiger partial charge on any atom is 0.0115 e. The zero-order valence-electron chi connectivity index (χ0n) is 11.0. The third-order valence-electron chi connectivity index (χ3n) is 5.30. The van der Waals surface area contributed by atoms with Gasteiger partial charge in [0.25, 0.3) is 0 Å². The lowest BCUT2D eigenvalue weighted by Gasteiger charge is -2.44. The molecule has 0 unspecified atom stereocenters. The molecule has 0 N–H and O–H groups in total. The van der Waals surface area contributed by atoms with Crippen LogP contribution in [0.3, 0.4) is 0 Å². The number of terminal acetylenes is 1. The Balaban J connectivity index is 2.21. The van der Waals surface area contributed by atoms with Crippen molar-refractivity contribution in [3.05, 3.63) is 10.6 Å². The highest BCUT2D eigenvalue weighted by Gasteiger charge is 2.50. The van der Waals surface area contributed by atoms with Crippen molar-refractivity contribution in [2.24, 2.45) is 23.2 Å². The number of halogens is 1. The molecular formula is C16H23Br. The summed E-state index contributed by atoms with van der Waals surface area (Å²) in [6.07, 6.45) is 13.2. The number of rotatable bonds is 2. The van der Waals surface area contributed by atoms with E-state index >= 15 is 0 Å². The summed E-state index contributed by atoms with van der Waals surface area (Å²) in [5.74, 6) is 5.17. The van der Waals surface area contributed by atoms with Gasteiger partial charge in [-0.25, -0.2) is 0 Å². The van der Waals surface area contributed by atoms with Crippen LogP contribution in [0, 0.1) is 35.5 Å². The Labute approximate surface area is 114 Å². The van der Waals surface area contributed by atoms with Crippen molar-refractivity contribution >= 4 is 15.9 Å². The molecule has 0 heterocycles. The molecular weight excluding hydrogens is 272 g/mol. The standard InChI is InChI=1S/C16H23Br/c1-4-6-12(2)14-8-9-15-13(11-17)7-5-10-16(14,15)3/h1,11-12,14-15H,5-10H2,2-3H3/t12-,14-,15+,16-/m1/s1. The molecule has 2 fully saturated rings. The van der Waals surface area contributed by atoms with Crippen LogP contribution in [0.25, 0.3) is 0 Å². The summed E-state index contributed by atoms with van der Waals surface area (Å²) in [5, 5.41) is 0. The highest BCUT2D eigenvalue weighted by atomic mass is 79.9. The second-order valence-electron chi connectivity index (χ2n) is 6.17. The monoisotopic (exact) mass is 294 g/mol. The number of fused-ring (bicyclic) bond motifs is 1. The van der Waals surface area contributed by atoms with Gasteiger partial charge in [-0.2, -0.15) is 0 Å². The number of hydrogen-bond donors (Lipinski definition) is 0. The van der Waals surface area contributed by atoms with Gasteiger partial charge < -0.3 is 0 Å². The van der Waals surface area contributed by atoms with Crippen LogP contribution in [-0.2, 0) is 0 Å². The SMILES string of the molecule is C#CC[C@@H](C)[C@H]1CC[C@H]2C(=CBr)CCC[C@]12C. The zero-order chi connectivity index (χ0) is 12.5. The van der Waals surface area contributed by atoms with E-state index in [0.717, 1.165) is 18.3 Å². The number of hydrogen-bond acceptors (Lipinski definition) is 0. The molecule has 0 aromatic carbocycles. The molecule has 0 aliphatic heterocycles. The van der Waals surface area contributed by atoms with Gasteiger partial charge in [0, 0.05) is 6.42 Å². The molecule has 0 spiro atoms. The molecule has 94 valence electrons. The summed E-state index contributed by atoms with van der Waals surface area (Å²) in [6.45, 7) is 4.86. The van der Waals surface area contributed by atoms with E-state index in [-0.39, 0.29) is 0 Å². The van der Waals surface area contributed by atoms with Crippen LogP contribution in [0.15, 0.2) is 10.6 Å². The molecule has 0 amide bonds. The van der Waals surface area contributed by atoms with Crippen LogP contribution in [-0.4, -0.2) is 0 Å². The van der Waals surface area contributed by atoms with E-state index in [2.05, 4.69) is 40.7 Å². The Morgan fingerprint density at radius 3 is 3.00 bits per heavy atom. The number of allylic oxidation sites excluding steroid dienone is 1. The van der Waals surface area contributed by atoms with Crippen LogP contribution < -0.4 is 0 Å². The van der Waals surface area contributed by atoms with E-state index in [1.165, 1.54) is 32.1 Å². The largest absolute Gasteiger partial charge is 0.120 e. The Morgan fingerprint density at radius 2 is 2.35 bits per heavy atom. The van der Waals surface area contributed by atoms with E-state index in [1.54, 1.807) is 5.57 Å². The predicted molar refractivity (Wildman–Crippen MR) is 77.8 cm³/mol. The third-order valence-corrected chi connectivity index (χ3v) is 5.89. The van der Waals surface area contributed by atoms with E-state index in [4.69, 9.17) is 6.42 Å². The summed E-state index contributed by atoms with van der Waals surface area (Å²) >= 11 is 3.56. The van der Waals surface area contributed by atoms with Gasteiger partial charge in [-0.05, 0) is 60.3 Å². The third kappa shape index (κ3) is 2.22. The highest BCUT2D eigenvalue weighted by molar-refractivity contribution is 9.11. The van der Waals surface area contributed by atoms with Crippen molar-refractivity contribution in [1.82, 2.24) is 0 Å². The van der Waals surface area contributed by atoms with E-state index in [9.17, 15) is 0 Å². The molecule has 1 heteroatoms. The Morgan fingerprint density at radius 1 is 1.59 bits per heavy atom. The minimum atomic E-state index is 0.508. The Hall–Kier alpha value is -0.220. The average molecular weight is 295 g/mol. The topological polar surface area (TPSA) is 0 Å². The van der Waals surface area contributed by atoms with Gasteiger partial charge in [-0.1, -0.05) is 35.4 Å². The Kier molecular flexibility index (Phi) is 4.03. The van der Waals surface area contributed by atoms with Gasteiger partial charge in [0.2, 0.25) is 0 Å². The first-order chi connectivity index (χ1) is 8.13. The van der Waals surface area contributed by atoms with Crippen molar-refractivity contribution in [2.75, 3.05) is 0 Å². The quantitative estimate of drug-likeness (QED) is 0.619. The summed E-state index contributed by atoms with van der Waals surface area (Å²) in [6, 6.07) is 0. The molecule has 0 aromatic rings. The zero-order valence-corrected chi connectivity index (χ0v) is 12.6. The lowest BCUT2D eigenvalue weighted by atomic mass is 9.61. The van der Waals surface area contributed by atoms with Crippen molar-refractivity contribution < 1.29 is 0 Å². The van der Waals surface area contributed by atoms with Crippen LogP contribution in [0.4, 0.5) is 0 Å². The lowest BCUT2D eigenvalue weighted by molar-refractivity contribution is 0.0994. The summed E-state index contributed by atoms with van der Waals surface area (Å²) in [7, 11) is 0. The summed E-state index contributed by atoms with van der Waals surface area (Å²) in [4.78, 5) is 2.20. The molecule has 2 aliphatic rings. The van der Waals surface area contributed by atoms with Crippen LogP contribution in [0.2, 0.25) is 0 Å². The first-order valence-corrected chi connectivity index (χ1v) is 7.77. The molecule has 2 aliphatic carbocycles. The Bertz CT molecular complexity index is 349. The average Bonchev–Trinajstić information content (AvgIpc) is 2.66. The molecule has 2 rings (SSSR count). The predicted octanol–water partition coefficient (Wildman–Crippen LogP) is 5.14. The first kappa shape index (κ1) is 13.2. The van der Waals surface area contributed by atoms with Crippen LogP contribution in [0.1, 0.15) is 52.4 Å². The van der Waals surface area contributed by atoms with Crippen LogP contribution in [0.5, 0.6) is 0 Å². The fourth-order valence-corrected chi connectivity index (χ4v) is 5.02. The van der Waals surface area contributed by atoms with Crippen molar-refractivity contribution in [3.8, 4) is 12.3 Å². The van der Waals surface area contributed by atoms with Gasteiger partial charge in [0.15, 0.2) is 0 Å². The first-order valence-electron chi connectivity index (χ1n) is 6.86. The maximum atomic E-state index is 5.49. The van der Waals surface area contributed by atoms with Gasteiger partial charge in [0.05, 0.1) is 0 Å². The van der Waals surface area contributed by atoms with Gasteiger partial charge >= 0.3 is 0 Å². The van der Waals surface area contributed by atoms with Crippen molar-refractivity contribution in [3.63, 3.8) is 0 Å². The maximum absolute atomic E-state index is 5.49. The van der Waals surface area contributed by atoms with Crippen molar-refractivity contribution in [2.45, 2.75) is 52.4 Å². The van der Waals surface area contributed by atoms with Gasteiger partial charge in [-0.15, -0.1) is 12.3 Å². The molecule has 0 bridgehead atoms. The summed E-state index contributed by atoms with van der Waals surface area (Å²) < 4.78 is 0. The summed E-state index contributed by atoms with van der Waals surface area (Å²) in [5.41, 5.74) is 2.16. The van der Waals surface area contributed by atoms with Gasteiger partial charge in [0.1, 0.15) is 0 Å². The highest BCUT2D eigenvalue weighted by Crippen LogP contribution is 2.59. The molecule has 17 heavy (non-hydrogen) atoms. The normalized spacial score (nSPS) is 40.9. The minimum absolute atomic E-state index is 0.508. The molecule has 0 aromatic heterocycles. The van der Waals surface area contributed by atoms with Crippen LogP contribution >= 0.6 is 15.9 Å². The van der Waals surface area contributed by atoms with Gasteiger partial charge in [-0.3, -0.25) is 0 Å². The molecule has 0 saturated heterocycles. The van der Waals surface area contributed by atoms with Crippen molar-refractivity contribution in [1.29, 1.82) is 0 Å². The fourth-order valence-electron chi connectivity index (χ4n) is 4.47. The molecule has 2 saturated carbocycles. The molecule has 0 radical (unpaired) electrons. The smallest absolute Gasteiger partial charge is 0.0115 e. The fraction of sp³-hybridized carbons (Fsp3) is 0.750.